The van der Waals surface area contributed by atoms with Crippen LogP contribution in [0, 0.1) is 0 Å². The summed E-state index contributed by atoms with van der Waals surface area (Å²) in [5, 5.41) is 0.530. The Kier molecular flexibility index (Phi) is 2.99. The van der Waals surface area contributed by atoms with Crippen molar-refractivity contribution in [3.63, 3.8) is 0 Å². The highest BCUT2D eigenvalue weighted by Crippen LogP contribution is 2.11. The van der Waals surface area contributed by atoms with Crippen molar-refractivity contribution in [1.82, 2.24) is 9.36 Å². The van der Waals surface area contributed by atoms with Crippen molar-refractivity contribution in [3.05, 3.63) is 34.6 Å². The summed E-state index contributed by atoms with van der Waals surface area (Å²) in [6, 6.07) is 7.01. The van der Waals surface area contributed by atoms with Gasteiger partial charge < -0.3 is 4.74 Å². The topological polar surface area (TPSA) is 53.2 Å². The van der Waals surface area contributed by atoms with Crippen LogP contribution in [0.3, 0.4) is 0 Å². The molecule has 0 atom stereocenters. The average molecular weight is 234 g/mol. The van der Waals surface area contributed by atoms with E-state index < -0.39 is 6.09 Å². The van der Waals surface area contributed by atoms with Crippen molar-refractivity contribution >= 4 is 17.0 Å². The van der Waals surface area contributed by atoms with Gasteiger partial charge in [-0.1, -0.05) is 12.1 Å². The first-order chi connectivity index (χ1) is 8.20. The highest BCUT2D eigenvalue weighted by atomic mass is 16.6. The molecule has 2 rings (SSSR count). The molecular formula is C12H14N2O3. The highest BCUT2D eigenvalue weighted by Gasteiger charge is 2.17. The Morgan fingerprint density at radius 2 is 2.00 bits per heavy atom. The molecule has 1 aromatic heterocycles. The van der Waals surface area contributed by atoms with Gasteiger partial charge in [-0.3, -0.25) is 4.79 Å². The molecule has 2 aromatic rings. The summed E-state index contributed by atoms with van der Waals surface area (Å²) in [6.45, 7) is 4.25. The number of hydrogen-bond donors (Lipinski definition) is 0. The van der Waals surface area contributed by atoms with E-state index in [1.54, 1.807) is 31.2 Å². The monoisotopic (exact) mass is 234 g/mol. The average Bonchev–Trinajstić information content (AvgIpc) is 2.63. The van der Waals surface area contributed by atoms with Crippen LogP contribution in [0.1, 0.15) is 13.8 Å². The molecule has 0 spiro atoms. The van der Waals surface area contributed by atoms with Crippen molar-refractivity contribution in [3.8, 4) is 0 Å². The van der Waals surface area contributed by atoms with E-state index in [-0.39, 0.29) is 12.2 Å². The first-order valence-corrected chi connectivity index (χ1v) is 5.58. The zero-order valence-corrected chi connectivity index (χ0v) is 9.84. The van der Waals surface area contributed by atoms with Crippen molar-refractivity contribution in [2.45, 2.75) is 20.4 Å². The van der Waals surface area contributed by atoms with Crippen LogP contribution in [0.5, 0.6) is 0 Å². The molecule has 1 aromatic carbocycles. The highest BCUT2D eigenvalue weighted by molar-refractivity contribution is 5.87. The Balaban J connectivity index is 2.75. The molecular weight excluding hydrogens is 220 g/mol. The Bertz CT molecular complexity index is 610. The molecule has 0 aliphatic carbocycles. The third kappa shape index (κ3) is 1.73. The molecule has 0 radical (unpaired) electrons. The predicted molar refractivity (Wildman–Crippen MR) is 64.3 cm³/mol. The van der Waals surface area contributed by atoms with Gasteiger partial charge in [-0.15, -0.1) is 0 Å². The van der Waals surface area contributed by atoms with Gasteiger partial charge in [0.25, 0.3) is 5.56 Å². The number of fused-ring (bicyclic) bond motifs is 1. The van der Waals surface area contributed by atoms with Crippen molar-refractivity contribution in [2.75, 3.05) is 6.61 Å². The molecule has 0 N–H and O–H groups in total. The van der Waals surface area contributed by atoms with Crippen LogP contribution in [0.4, 0.5) is 4.79 Å². The third-order valence-electron chi connectivity index (χ3n) is 2.58. The van der Waals surface area contributed by atoms with Crippen LogP contribution in [0.15, 0.2) is 29.1 Å². The van der Waals surface area contributed by atoms with E-state index in [2.05, 4.69) is 0 Å². The number of carbonyl (C=O) groups excluding carboxylic acids is 1. The lowest BCUT2D eigenvalue weighted by Gasteiger charge is -2.08. The van der Waals surface area contributed by atoms with Gasteiger partial charge in [0.15, 0.2) is 0 Å². The molecule has 0 bridgehead atoms. The first kappa shape index (κ1) is 11.4. The lowest BCUT2D eigenvalue weighted by atomic mass is 10.2. The maximum atomic E-state index is 12.0. The van der Waals surface area contributed by atoms with Gasteiger partial charge >= 0.3 is 6.09 Å². The number of benzene rings is 1. The van der Waals surface area contributed by atoms with Gasteiger partial charge in [-0.05, 0) is 26.0 Å². The van der Waals surface area contributed by atoms with Crippen LogP contribution in [0.2, 0.25) is 0 Å². The van der Waals surface area contributed by atoms with Crippen LogP contribution in [-0.4, -0.2) is 22.1 Å². The minimum Gasteiger partial charge on any atom is -0.448 e. The van der Waals surface area contributed by atoms with Crippen LogP contribution >= 0.6 is 0 Å². The van der Waals surface area contributed by atoms with E-state index in [1.807, 2.05) is 6.92 Å². The zero-order chi connectivity index (χ0) is 12.4. The van der Waals surface area contributed by atoms with Crippen molar-refractivity contribution < 1.29 is 9.53 Å². The molecule has 0 saturated carbocycles. The van der Waals surface area contributed by atoms with E-state index >= 15 is 0 Å². The van der Waals surface area contributed by atoms with Crippen LogP contribution < -0.4 is 5.56 Å². The number of para-hydroxylation sites is 1. The largest absolute Gasteiger partial charge is 0.448 e. The zero-order valence-electron chi connectivity index (χ0n) is 9.84. The number of hydrogen-bond acceptors (Lipinski definition) is 3. The molecule has 5 heteroatoms. The van der Waals surface area contributed by atoms with Crippen molar-refractivity contribution in [2.24, 2.45) is 0 Å². The fraction of sp³-hybridized carbons (Fsp3) is 0.333. The summed E-state index contributed by atoms with van der Waals surface area (Å²) in [7, 11) is 0. The summed E-state index contributed by atoms with van der Waals surface area (Å²) < 4.78 is 7.63. The fourth-order valence-electron chi connectivity index (χ4n) is 1.87. The van der Waals surface area contributed by atoms with E-state index in [9.17, 15) is 9.59 Å². The lowest BCUT2D eigenvalue weighted by molar-refractivity contribution is 0.147. The molecule has 1 heterocycles. The fourth-order valence-corrected chi connectivity index (χ4v) is 1.87. The minimum absolute atomic E-state index is 0.170. The lowest BCUT2D eigenvalue weighted by Crippen LogP contribution is -2.27. The predicted octanol–water partition coefficient (Wildman–Crippen LogP) is 1.83. The van der Waals surface area contributed by atoms with Crippen LogP contribution in [0.25, 0.3) is 10.9 Å². The SMILES string of the molecule is CCOC(=O)n1c2ccccc2c(=O)n1CC. The van der Waals surface area contributed by atoms with Gasteiger partial charge in [-0.25, -0.2) is 9.48 Å². The maximum absolute atomic E-state index is 12.0. The Morgan fingerprint density at radius 3 is 2.65 bits per heavy atom. The Morgan fingerprint density at radius 1 is 1.29 bits per heavy atom. The summed E-state index contributed by atoms with van der Waals surface area (Å²) >= 11 is 0. The number of carbonyl (C=O) groups is 1. The van der Waals surface area contributed by atoms with Gasteiger partial charge in [0, 0.05) is 6.54 Å². The molecule has 0 amide bonds. The van der Waals surface area contributed by atoms with E-state index in [1.165, 1.54) is 9.36 Å². The normalized spacial score (nSPS) is 10.7. The van der Waals surface area contributed by atoms with Crippen molar-refractivity contribution in [1.29, 1.82) is 0 Å². The summed E-state index contributed by atoms with van der Waals surface area (Å²) in [6.07, 6.45) is -0.521. The number of aromatic nitrogens is 2. The molecule has 0 unspecified atom stereocenters. The number of ether oxygens (including phenoxy) is 1. The van der Waals surface area contributed by atoms with E-state index in [4.69, 9.17) is 4.74 Å². The van der Waals surface area contributed by atoms with Gasteiger partial charge in [-0.2, -0.15) is 4.68 Å². The molecule has 0 aliphatic rings. The second-order valence-corrected chi connectivity index (χ2v) is 3.55. The maximum Gasteiger partial charge on any atom is 0.433 e. The number of rotatable bonds is 2. The molecule has 17 heavy (non-hydrogen) atoms. The second-order valence-electron chi connectivity index (χ2n) is 3.55. The van der Waals surface area contributed by atoms with Gasteiger partial charge in [0.05, 0.1) is 17.5 Å². The van der Waals surface area contributed by atoms with Crippen LogP contribution in [-0.2, 0) is 11.3 Å². The van der Waals surface area contributed by atoms with E-state index in [0.717, 1.165) is 0 Å². The van der Waals surface area contributed by atoms with E-state index in [0.29, 0.717) is 17.4 Å². The third-order valence-corrected chi connectivity index (χ3v) is 2.58. The minimum atomic E-state index is -0.521. The summed E-state index contributed by atoms with van der Waals surface area (Å²) in [5.74, 6) is 0. The molecule has 0 aliphatic heterocycles. The van der Waals surface area contributed by atoms with Gasteiger partial charge in [0.2, 0.25) is 0 Å². The first-order valence-electron chi connectivity index (χ1n) is 5.58. The second kappa shape index (κ2) is 4.45. The molecule has 0 fully saturated rings. The molecule has 5 nitrogen and oxygen atoms in total. The quantitative estimate of drug-likeness (QED) is 0.796. The summed E-state index contributed by atoms with van der Waals surface area (Å²) in [4.78, 5) is 23.9. The Labute approximate surface area is 98.2 Å². The molecule has 90 valence electrons. The van der Waals surface area contributed by atoms with Gasteiger partial charge in [0.1, 0.15) is 0 Å². The smallest absolute Gasteiger partial charge is 0.433 e. The Hall–Kier alpha value is -2.04. The summed E-state index contributed by atoms with van der Waals surface area (Å²) in [5.41, 5.74) is 0.411. The molecule has 0 saturated heterocycles. The number of nitrogens with zero attached hydrogens (tertiary/aromatic N) is 2. The standard InChI is InChI=1S/C12H14N2O3/c1-3-13-11(15)9-7-5-6-8-10(9)14(13)12(16)17-4-2/h5-8H,3-4H2,1-2H3.